The van der Waals surface area contributed by atoms with Gasteiger partial charge in [0.1, 0.15) is 11.9 Å². The molecule has 0 bridgehead atoms. The van der Waals surface area contributed by atoms with Crippen LogP contribution in [0.5, 0.6) is 5.75 Å². The van der Waals surface area contributed by atoms with E-state index in [9.17, 15) is 0 Å². The smallest absolute Gasteiger partial charge is 0.145 e. The quantitative estimate of drug-likeness (QED) is 0.826. The van der Waals surface area contributed by atoms with Crippen molar-refractivity contribution in [2.45, 2.75) is 25.5 Å². The first-order valence-corrected chi connectivity index (χ1v) is 5.85. The fourth-order valence-corrected chi connectivity index (χ4v) is 1.89. The summed E-state index contributed by atoms with van der Waals surface area (Å²) in [5.74, 6) is 0.944. The van der Waals surface area contributed by atoms with Gasteiger partial charge in [-0.15, -0.1) is 0 Å². The highest BCUT2D eigenvalue weighted by Gasteiger charge is 2.20. The Bertz CT molecular complexity index is 332. The van der Waals surface area contributed by atoms with Gasteiger partial charge in [0.25, 0.3) is 0 Å². The highest BCUT2D eigenvalue weighted by Crippen LogP contribution is 2.23. The second-order valence-corrected chi connectivity index (χ2v) is 4.10. The fourth-order valence-electron chi connectivity index (χ4n) is 1.89. The van der Waals surface area contributed by atoms with Crippen molar-refractivity contribution in [2.75, 3.05) is 20.3 Å². The summed E-state index contributed by atoms with van der Waals surface area (Å²) >= 11 is 0. The number of benzene rings is 1. The van der Waals surface area contributed by atoms with Crippen LogP contribution in [-0.4, -0.2) is 26.4 Å². The van der Waals surface area contributed by atoms with Crippen LogP contribution in [0.4, 0.5) is 0 Å². The maximum atomic E-state index is 5.78. The van der Waals surface area contributed by atoms with Crippen molar-refractivity contribution in [3.63, 3.8) is 0 Å². The van der Waals surface area contributed by atoms with Crippen LogP contribution in [0.15, 0.2) is 24.3 Å². The van der Waals surface area contributed by atoms with Gasteiger partial charge in [0.2, 0.25) is 0 Å². The van der Waals surface area contributed by atoms with Gasteiger partial charge >= 0.3 is 0 Å². The molecule has 3 nitrogen and oxygen atoms in total. The van der Waals surface area contributed by atoms with Gasteiger partial charge in [0.15, 0.2) is 0 Å². The van der Waals surface area contributed by atoms with E-state index in [1.54, 1.807) is 0 Å². The van der Waals surface area contributed by atoms with E-state index in [-0.39, 0.29) is 6.10 Å². The Morgan fingerprint density at radius 2 is 2.31 bits per heavy atom. The Balaban J connectivity index is 2.05. The molecule has 0 saturated carbocycles. The van der Waals surface area contributed by atoms with Crippen LogP contribution in [0.25, 0.3) is 0 Å². The van der Waals surface area contributed by atoms with Gasteiger partial charge < -0.3 is 14.8 Å². The summed E-state index contributed by atoms with van der Waals surface area (Å²) in [7, 11) is 1.99. The molecule has 1 unspecified atom stereocenters. The predicted molar refractivity (Wildman–Crippen MR) is 63.8 cm³/mol. The molecule has 1 saturated heterocycles. The summed E-state index contributed by atoms with van der Waals surface area (Å²) in [6.07, 6.45) is 1.32. The molecule has 2 rings (SSSR count). The van der Waals surface area contributed by atoms with Gasteiger partial charge in [-0.1, -0.05) is 19.1 Å². The van der Waals surface area contributed by atoms with Crippen molar-refractivity contribution in [1.29, 1.82) is 0 Å². The molecule has 1 aromatic rings. The van der Waals surface area contributed by atoms with E-state index < -0.39 is 0 Å². The summed E-state index contributed by atoms with van der Waals surface area (Å²) in [6.45, 7) is 3.61. The molecule has 1 N–H and O–H groups in total. The molecule has 88 valence electrons. The van der Waals surface area contributed by atoms with Gasteiger partial charge in [-0.05, 0) is 31.2 Å². The van der Waals surface area contributed by atoms with Gasteiger partial charge in [-0.25, -0.2) is 0 Å². The van der Waals surface area contributed by atoms with Gasteiger partial charge in [-0.2, -0.15) is 0 Å². The second-order valence-electron chi connectivity index (χ2n) is 4.10. The van der Waals surface area contributed by atoms with Crippen LogP contribution in [0, 0.1) is 0 Å². The zero-order valence-corrected chi connectivity index (χ0v) is 9.90. The molecule has 1 fully saturated rings. The molecule has 3 heteroatoms. The second kappa shape index (κ2) is 5.32. The van der Waals surface area contributed by atoms with Crippen molar-refractivity contribution in [3.8, 4) is 5.75 Å². The molecule has 1 aromatic carbocycles. The monoisotopic (exact) mass is 221 g/mol. The van der Waals surface area contributed by atoms with E-state index >= 15 is 0 Å². The Morgan fingerprint density at radius 3 is 2.88 bits per heavy atom. The summed E-state index contributed by atoms with van der Waals surface area (Å²) in [6, 6.07) is 8.70. The van der Waals surface area contributed by atoms with Crippen LogP contribution in [0.3, 0.4) is 0 Å². The van der Waals surface area contributed by atoms with E-state index in [2.05, 4.69) is 24.4 Å². The minimum atomic E-state index is 0.241. The standard InChI is InChI=1S/C13H19NO2/c1-3-13(14-2)10-5-4-6-11(7-10)16-12-8-15-9-12/h4-7,12-14H,3,8-9H2,1-2H3. The highest BCUT2D eigenvalue weighted by molar-refractivity contribution is 5.30. The molecule has 0 aliphatic carbocycles. The number of nitrogens with one attached hydrogen (secondary N) is 1. The highest BCUT2D eigenvalue weighted by atomic mass is 16.6. The van der Waals surface area contributed by atoms with Crippen molar-refractivity contribution < 1.29 is 9.47 Å². The molecule has 0 radical (unpaired) electrons. The van der Waals surface area contributed by atoms with Gasteiger partial charge in [0, 0.05) is 6.04 Å². The molecule has 1 aliphatic heterocycles. The Kier molecular flexibility index (Phi) is 3.80. The first-order valence-electron chi connectivity index (χ1n) is 5.85. The minimum absolute atomic E-state index is 0.241. The largest absolute Gasteiger partial charge is 0.486 e. The van der Waals surface area contributed by atoms with Crippen LogP contribution in [-0.2, 0) is 4.74 Å². The lowest BCUT2D eigenvalue weighted by Gasteiger charge is -2.27. The normalized spacial score (nSPS) is 17.9. The summed E-state index contributed by atoms with van der Waals surface area (Å²) < 4.78 is 10.9. The molecular weight excluding hydrogens is 202 g/mol. The Hall–Kier alpha value is -1.06. The predicted octanol–water partition coefficient (Wildman–Crippen LogP) is 2.13. The Morgan fingerprint density at radius 1 is 1.50 bits per heavy atom. The van der Waals surface area contributed by atoms with Crippen molar-refractivity contribution in [2.24, 2.45) is 0 Å². The fraction of sp³-hybridized carbons (Fsp3) is 0.538. The summed E-state index contributed by atoms with van der Waals surface area (Å²) in [5.41, 5.74) is 1.28. The third kappa shape index (κ3) is 2.54. The third-order valence-electron chi connectivity index (χ3n) is 2.93. The van der Waals surface area contributed by atoms with Crippen LogP contribution in [0.2, 0.25) is 0 Å². The van der Waals surface area contributed by atoms with E-state index in [0.717, 1.165) is 12.2 Å². The molecule has 16 heavy (non-hydrogen) atoms. The maximum absolute atomic E-state index is 5.78. The zero-order chi connectivity index (χ0) is 11.4. The van der Waals surface area contributed by atoms with E-state index in [4.69, 9.17) is 9.47 Å². The molecule has 1 atom stereocenters. The first kappa shape index (κ1) is 11.4. The molecule has 1 aliphatic rings. The SMILES string of the molecule is CCC(NC)c1cccc(OC2COC2)c1. The summed E-state index contributed by atoms with van der Waals surface area (Å²) in [5, 5.41) is 3.30. The van der Waals surface area contributed by atoms with Crippen LogP contribution >= 0.6 is 0 Å². The van der Waals surface area contributed by atoms with Crippen LogP contribution in [0.1, 0.15) is 24.9 Å². The zero-order valence-electron chi connectivity index (χ0n) is 9.90. The summed E-state index contributed by atoms with van der Waals surface area (Å²) in [4.78, 5) is 0. The average molecular weight is 221 g/mol. The van der Waals surface area contributed by atoms with E-state index in [1.807, 2.05) is 19.2 Å². The molecular formula is C13H19NO2. The third-order valence-corrected chi connectivity index (χ3v) is 2.93. The lowest BCUT2D eigenvalue weighted by molar-refractivity contribution is -0.0797. The number of ether oxygens (including phenoxy) is 2. The lowest BCUT2D eigenvalue weighted by Crippen LogP contribution is -2.38. The van der Waals surface area contributed by atoms with Crippen molar-refractivity contribution in [1.82, 2.24) is 5.32 Å². The lowest BCUT2D eigenvalue weighted by atomic mass is 10.0. The molecule has 0 spiro atoms. The van der Waals surface area contributed by atoms with Crippen molar-refractivity contribution in [3.05, 3.63) is 29.8 Å². The Labute approximate surface area is 96.8 Å². The topological polar surface area (TPSA) is 30.5 Å². The number of hydrogen-bond donors (Lipinski definition) is 1. The molecule has 0 aromatic heterocycles. The minimum Gasteiger partial charge on any atom is -0.486 e. The molecule has 1 heterocycles. The first-order chi connectivity index (χ1) is 7.83. The van der Waals surface area contributed by atoms with Crippen LogP contribution < -0.4 is 10.1 Å². The number of hydrogen-bond acceptors (Lipinski definition) is 3. The van der Waals surface area contributed by atoms with E-state index in [0.29, 0.717) is 19.3 Å². The average Bonchev–Trinajstić information content (AvgIpc) is 2.26. The maximum Gasteiger partial charge on any atom is 0.145 e. The van der Waals surface area contributed by atoms with Crippen molar-refractivity contribution >= 4 is 0 Å². The van der Waals surface area contributed by atoms with Gasteiger partial charge in [0.05, 0.1) is 13.2 Å². The van der Waals surface area contributed by atoms with Gasteiger partial charge in [-0.3, -0.25) is 0 Å². The molecule has 0 amide bonds. The number of rotatable bonds is 5. The van der Waals surface area contributed by atoms with E-state index in [1.165, 1.54) is 5.56 Å².